The summed E-state index contributed by atoms with van der Waals surface area (Å²) in [5, 5.41) is 12.1. The summed E-state index contributed by atoms with van der Waals surface area (Å²) in [6.07, 6.45) is 3.93. The third-order valence-electron chi connectivity index (χ3n) is 4.27. The molecule has 0 aliphatic heterocycles. The molecule has 0 saturated heterocycles. The van der Waals surface area contributed by atoms with Crippen molar-refractivity contribution in [2.45, 2.75) is 44.6 Å². The molecule has 1 fully saturated rings. The number of methoxy groups -OCH3 is 1. The van der Waals surface area contributed by atoms with E-state index in [2.05, 4.69) is 5.32 Å². The SMILES string of the molecule is COc1ccc(F)cc1CC(=O)N[C@H]1CCCCC[C@H]1C(=O)O. The van der Waals surface area contributed by atoms with Crippen molar-refractivity contribution in [3.63, 3.8) is 0 Å². The number of amides is 1. The van der Waals surface area contributed by atoms with Crippen LogP contribution in [0.15, 0.2) is 18.2 Å². The van der Waals surface area contributed by atoms with Crippen molar-refractivity contribution in [3.8, 4) is 5.75 Å². The first kappa shape index (κ1) is 17.2. The van der Waals surface area contributed by atoms with Crippen molar-refractivity contribution in [1.82, 2.24) is 5.32 Å². The molecule has 23 heavy (non-hydrogen) atoms. The lowest BCUT2D eigenvalue weighted by Crippen LogP contribution is -2.43. The second kappa shape index (κ2) is 7.94. The quantitative estimate of drug-likeness (QED) is 0.817. The van der Waals surface area contributed by atoms with E-state index in [4.69, 9.17) is 4.74 Å². The highest BCUT2D eigenvalue weighted by atomic mass is 19.1. The molecule has 0 unspecified atom stereocenters. The largest absolute Gasteiger partial charge is 0.496 e. The highest BCUT2D eigenvalue weighted by molar-refractivity contribution is 5.80. The van der Waals surface area contributed by atoms with E-state index in [1.807, 2.05) is 0 Å². The normalized spacial score (nSPS) is 21.3. The number of rotatable bonds is 5. The molecule has 0 radical (unpaired) electrons. The summed E-state index contributed by atoms with van der Waals surface area (Å²) in [6.45, 7) is 0. The van der Waals surface area contributed by atoms with Crippen LogP contribution < -0.4 is 10.1 Å². The molecule has 0 bridgehead atoms. The Balaban J connectivity index is 2.05. The highest BCUT2D eigenvalue weighted by Crippen LogP contribution is 2.24. The summed E-state index contributed by atoms with van der Waals surface area (Å²) in [6, 6.07) is 3.64. The molecule has 0 aromatic heterocycles. The average molecular weight is 323 g/mol. The first-order chi connectivity index (χ1) is 11.0. The zero-order chi connectivity index (χ0) is 16.8. The maximum Gasteiger partial charge on any atom is 0.308 e. The number of benzene rings is 1. The lowest BCUT2D eigenvalue weighted by molar-refractivity contribution is -0.143. The standard InChI is InChI=1S/C17H22FNO4/c1-23-15-8-7-12(18)9-11(15)10-16(20)19-14-6-4-2-3-5-13(14)17(21)22/h7-9,13-14H,2-6,10H2,1H3,(H,19,20)(H,21,22)/t13-,14+/m1/s1. The van der Waals surface area contributed by atoms with Gasteiger partial charge in [0, 0.05) is 11.6 Å². The summed E-state index contributed by atoms with van der Waals surface area (Å²) >= 11 is 0. The summed E-state index contributed by atoms with van der Waals surface area (Å²) in [5.41, 5.74) is 0.450. The van der Waals surface area contributed by atoms with Gasteiger partial charge in [0.05, 0.1) is 19.4 Å². The minimum absolute atomic E-state index is 0.0379. The van der Waals surface area contributed by atoms with Gasteiger partial charge in [0.2, 0.25) is 5.91 Å². The molecule has 2 rings (SSSR count). The van der Waals surface area contributed by atoms with Crippen LogP contribution in [-0.4, -0.2) is 30.1 Å². The van der Waals surface area contributed by atoms with E-state index in [1.165, 1.54) is 25.3 Å². The molecule has 1 amide bonds. The van der Waals surface area contributed by atoms with Gasteiger partial charge in [0.15, 0.2) is 0 Å². The predicted molar refractivity (Wildman–Crippen MR) is 82.8 cm³/mol. The van der Waals surface area contributed by atoms with E-state index >= 15 is 0 Å². The van der Waals surface area contributed by atoms with Crippen molar-refractivity contribution < 1.29 is 23.8 Å². The van der Waals surface area contributed by atoms with Crippen LogP contribution in [0.1, 0.15) is 37.7 Å². The van der Waals surface area contributed by atoms with Crippen LogP contribution in [0.2, 0.25) is 0 Å². The zero-order valence-corrected chi connectivity index (χ0v) is 13.2. The number of carbonyl (C=O) groups excluding carboxylic acids is 1. The van der Waals surface area contributed by atoms with Crippen LogP contribution in [0.4, 0.5) is 4.39 Å². The Kier molecular flexibility index (Phi) is 5.96. The van der Waals surface area contributed by atoms with Gasteiger partial charge in [-0.15, -0.1) is 0 Å². The van der Waals surface area contributed by atoms with Crippen molar-refractivity contribution in [2.75, 3.05) is 7.11 Å². The van der Waals surface area contributed by atoms with Crippen LogP contribution in [0.25, 0.3) is 0 Å². The molecule has 1 saturated carbocycles. The highest BCUT2D eigenvalue weighted by Gasteiger charge is 2.30. The minimum atomic E-state index is -0.875. The Labute approximate surface area is 134 Å². The van der Waals surface area contributed by atoms with Crippen molar-refractivity contribution in [2.24, 2.45) is 5.92 Å². The molecular weight excluding hydrogens is 301 g/mol. The molecule has 2 N–H and O–H groups in total. The number of nitrogens with one attached hydrogen (secondary N) is 1. The van der Waals surface area contributed by atoms with Crippen LogP contribution in [-0.2, 0) is 16.0 Å². The topological polar surface area (TPSA) is 75.6 Å². The van der Waals surface area contributed by atoms with Crippen LogP contribution in [0.3, 0.4) is 0 Å². The predicted octanol–water partition coefficient (Wildman–Crippen LogP) is 2.53. The number of carboxylic acid groups (broad SMARTS) is 1. The Hall–Kier alpha value is -2.11. The number of hydrogen-bond donors (Lipinski definition) is 2. The van der Waals surface area contributed by atoms with Crippen LogP contribution in [0, 0.1) is 11.7 Å². The Morgan fingerprint density at radius 2 is 2.04 bits per heavy atom. The Morgan fingerprint density at radius 3 is 2.74 bits per heavy atom. The molecule has 6 heteroatoms. The van der Waals surface area contributed by atoms with Crippen molar-refractivity contribution in [1.29, 1.82) is 0 Å². The number of halogens is 1. The monoisotopic (exact) mass is 323 g/mol. The maximum absolute atomic E-state index is 13.3. The number of carboxylic acids is 1. The average Bonchev–Trinajstić information content (AvgIpc) is 2.73. The van der Waals surface area contributed by atoms with E-state index in [9.17, 15) is 19.1 Å². The van der Waals surface area contributed by atoms with Gasteiger partial charge in [-0.2, -0.15) is 0 Å². The molecule has 1 aliphatic carbocycles. The fraction of sp³-hybridized carbons (Fsp3) is 0.529. The molecule has 0 heterocycles. The molecule has 0 spiro atoms. The molecule has 5 nitrogen and oxygen atoms in total. The minimum Gasteiger partial charge on any atom is -0.496 e. The summed E-state index contributed by atoms with van der Waals surface area (Å²) in [5.74, 6) is -1.74. The number of ether oxygens (including phenoxy) is 1. The van der Waals surface area contributed by atoms with Crippen molar-refractivity contribution >= 4 is 11.9 Å². The third kappa shape index (κ3) is 4.68. The smallest absolute Gasteiger partial charge is 0.308 e. The summed E-state index contributed by atoms with van der Waals surface area (Å²) in [7, 11) is 1.46. The Morgan fingerprint density at radius 1 is 1.30 bits per heavy atom. The van der Waals surface area contributed by atoms with Gasteiger partial charge in [-0.3, -0.25) is 9.59 Å². The number of carbonyl (C=O) groups is 2. The summed E-state index contributed by atoms with van der Waals surface area (Å²) in [4.78, 5) is 23.6. The number of hydrogen-bond acceptors (Lipinski definition) is 3. The van der Waals surface area contributed by atoms with E-state index in [1.54, 1.807) is 0 Å². The molecule has 2 atom stereocenters. The van der Waals surface area contributed by atoms with Gasteiger partial charge in [-0.1, -0.05) is 19.3 Å². The maximum atomic E-state index is 13.3. The van der Waals surface area contributed by atoms with Crippen LogP contribution in [0.5, 0.6) is 5.75 Å². The van der Waals surface area contributed by atoms with Gasteiger partial charge in [0.25, 0.3) is 0 Å². The molecule has 1 aromatic rings. The second-order valence-electron chi connectivity index (χ2n) is 5.89. The van der Waals surface area contributed by atoms with E-state index in [0.717, 1.165) is 19.3 Å². The van der Waals surface area contributed by atoms with E-state index in [-0.39, 0.29) is 18.4 Å². The molecule has 126 valence electrons. The zero-order valence-electron chi connectivity index (χ0n) is 13.2. The van der Waals surface area contributed by atoms with Gasteiger partial charge in [-0.05, 0) is 31.0 Å². The molecule has 1 aliphatic rings. The van der Waals surface area contributed by atoms with E-state index in [0.29, 0.717) is 24.2 Å². The van der Waals surface area contributed by atoms with Gasteiger partial charge in [-0.25, -0.2) is 4.39 Å². The lowest BCUT2D eigenvalue weighted by atomic mass is 9.94. The van der Waals surface area contributed by atoms with Crippen molar-refractivity contribution in [3.05, 3.63) is 29.6 Å². The van der Waals surface area contributed by atoms with Crippen LogP contribution >= 0.6 is 0 Å². The van der Waals surface area contributed by atoms with Gasteiger partial charge < -0.3 is 15.2 Å². The first-order valence-corrected chi connectivity index (χ1v) is 7.86. The lowest BCUT2D eigenvalue weighted by Gasteiger charge is -2.23. The molecular formula is C17H22FNO4. The Bertz CT molecular complexity index is 576. The third-order valence-corrected chi connectivity index (χ3v) is 4.27. The molecule has 1 aromatic carbocycles. The second-order valence-corrected chi connectivity index (χ2v) is 5.89. The number of aliphatic carboxylic acids is 1. The van der Waals surface area contributed by atoms with E-state index < -0.39 is 17.7 Å². The summed E-state index contributed by atoms with van der Waals surface area (Å²) < 4.78 is 18.5. The van der Waals surface area contributed by atoms with Gasteiger partial charge in [0.1, 0.15) is 11.6 Å². The fourth-order valence-corrected chi connectivity index (χ4v) is 3.09. The fourth-order valence-electron chi connectivity index (χ4n) is 3.09. The van der Waals surface area contributed by atoms with Gasteiger partial charge >= 0.3 is 5.97 Å². The first-order valence-electron chi connectivity index (χ1n) is 7.86.